The topological polar surface area (TPSA) is 41.4 Å². The molecule has 0 unspecified atom stereocenters. The van der Waals surface area contributed by atoms with E-state index in [1.54, 1.807) is 4.68 Å². The summed E-state index contributed by atoms with van der Waals surface area (Å²) in [6, 6.07) is 1.86. The number of amides is 1. The van der Waals surface area contributed by atoms with Gasteiger partial charge in [-0.15, -0.1) is 0 Å². The van der Waals surface area contributed by atoms with E-state index in [4.69, 9.17) is 0 Å². The van der Waals surface area contributed by atoms with E-state index in [-0.39, 0.29) is 5.91 Å². The van der Waals surface area contributed by atoms with Crippen molar-refractivity contribution in [3.63, 3.8) is 0 Å². The maximum atomic E-state index is 12.2. The first kappa shape index (κ1) is 12.1. The van der Waals surface area contributed by atoms with Crippen molar-refractivity contribution in [1.29, 1.82) is 0 Å². The first-order valence-corrected chi connectivity index (χ1v) is 6.14. The van der Waals surface area contributed by atoms with Crippen LogP contribution in [0.5, 0.6) is 0 Å². The number of piperazine rings is 1. The molecule has 1 saturated heterocycles. The van der Waals surface area contributed by atoms with Crippen molar-refractivity contribution in [3.05, 3.63) is 17.5 Å². The molecule has 0 saturated carbocycles. The van der Waals surface area contributed by atoms with Crippen LogP contribution in [0.15, 0.2) is 6.07 Å². The minimum absolute atomic E-state index is 0.0597. The summed E-state index contributed by atoms with van der Waals surface area (Å²) in [5.74, 6) is 0.0597. The Balaban J connectivity index is 2.01. The highest BCUT2D eigenvalue weighted by Gasteiger charge is 2.23. The van der Waals surface area contributed by atoms with Gasteiger partial charge < -0.3 is 9.80 Å². The normalized spacial score (nSPS) is 17.5. The Morgan fingerprint density at radius 1 is 1.35 bits per heavy atom. The molecule has 1 aliphatic rings. The quantitative estimate of drug-likeness (QED) is 0.751. The maximum Gasteiger partial charge on any atom is 0.274 e. The minimum atomic E-state index is 0.0597. The van der Waals surface area contributed by atoms with Crippen molar-refractivity contribution < 1.29 is 4.79 Å². The van der Waals surface area contributed by atoms with Crippen LogP contribution in [0.2, 0.25) is 0 Å². The molecule has 0 atom stereocenters. The highest BCUT2D eigenvalue weighted by molar-refractivity contribution is 5.92. The molecule has 0 aliphatic carbocycles. The van der Waals surface area contributed by atoms with Gasteiger partial charge in [0.1, 0.15) is 0 Å². The summed E-state index contributed by atoms with van der Waals surface area (Å²) >= 11 is 0. The van der Waals surface area contributed by atoms with Gasteiger partial charge in [-0.2, -0.15) is 5.10 Å². The summed E-state index contributed by atoms with van der Waals surface area (Å²) < 4.78 is 1.75. The van der Waals surface area contributed by atoms with Crippen molar-refractivity contribution in [2.45, 2.75) is 13.8 Å². The van der Waals surface area contributed by atoms with E-state index in [1.807, 2.05) is 24.9 Å². The van der Waals surface area contributed by atoms with Crippen LogP contribution < -0.4 is 0 Å². The molecule has 2 rings (SSSR count). The fraction of sp³-hybridized carbons (Fsp3) is 0.667. The molecule has 17 heavy (non-hydrogen) atoms. The SMILES string of the molecule is CCN1CCN(C(=O)c2cc(C)n(C)n2)CC1. The average molecular weight is 236 g/mol. The molecule has 1 fully saturated rings. The molecule has 0 radical (unpaired) electrons. The Hall–Kier alpha value is -1.36. The first-order valence-electron chi connectivity index (χ1n) is 6.14. The van der Waals surface area contributed by atoms with Gasteiger partial charge >= 0.3 is 0 Å². The van der Waals surface area contributed by atoms with E-state index < -0.39 is 0 Å². The van der Waals surface area contributed by atoms with Crippen molar-refractivity contribution in [2.75, 3.05) is 32.7 Å². The monoisotopic (exact) mass is 236 g/mol. The van der Waals surface area contributed by atoms with Crippen LogP contribution in [0.3, 0.4) is 0 Å². The molecule has 1 aliphatic heterocycles. The molecule has 0 spiro atoms. The van der Waals surface area contributed by atoms with E-state index in [1.165, 1.54) is 0 Å². The first-order chi connectivity index (χ1) is 8.11. The van der Waals surface area contributed by atoms with Crippen LogP contribution >= 0.6 is 0 Å². The van der Waals surface area contributed by atoms with Gasteiger partial charge in [0.2, 0.25) is 0 Å². The molecule has 1 amide bonds. The van der Waals surface area contributed by atoms with Crippen LogP contribution in [0.1, 0.15) is 23.1 Å². The highest BCUT2D eigenvalue weighted by Crippen LogP contribution is 2.08. The zero-order valence-corrected chi connectivity index (χ0v) is 10.8. The Bertz CT molecular complexity index is 385. The van der Waals surface area contributed by atoms with Crippen LogP contribution in [0, 0.1) is 6.92 Å². The number of hydrogen-bond acceptors (Lipinski definition) is 3. The Morgan fingerprint density at radius 2 is 2.00 bits per heavy atom. The van der Waals surface area contributed by atoms with E-state index in [2.05, 4.69) is 16.9 Å². The third kappa shape index (κ3) is 2.49. The highest BCUT2D eigenvalue weighted by atomic mass is 16.2. The number of nitrogens with zero attached hydrogens (tertiary/aromatic N) is 4. The molecule has 2 heterocycles. The number of carbonyl (C=O) groups is 1. The Labute approximate surface area is 102 Å². The number of likely N-dealkylation sites (N-methyl/N-ethyl adjacent to an activating group) is 1. The number of aryl methyl sites for hydroxylation is 2. The third-order valence-electron chi connectivity index (χ3n) is 3.44. The van der Waals surface area contributed by atoms with Gasteiger partial charge in [-0.1, -0.05) is 6.92 Å². The fourth-order valence-electron chi connectivity index (χ4n) is 2.09. The van der Waals surface area contributed by atoms with Gasteiger partial charge in [0.15, 0.2) is 5.69 Å². The summed E-state index contributed by atoms with van der Waals surface area (Å²) in [5.41, 5.74) is 1.58. The van der Waals surface area contributed by atoms with Gasteiger partial charge in [-0.3, -0.25) is 9.48 Å². The van der Waals surface area contributed by atoms with Gasteiger partial charge in [-0.05, 0) is 19.5 Å². The van der Waals surface area contributed by atoms with E-state index in [9.17, 15) is 4.79 Å². The molecule has 0 bridgehead atoms. The lowest BCUT2D eigenvalue weighted by atomic mass is 10.2. The molecule has 1 aromatic heterocycles. The predicted octanol–water partition coefficient (Wildman–Crippen LogP) is 0.506. The third-order valence-corrected chi connectivity index (χ3v) is 3.44. The molecular formula is C12H20N4O. The maximum absolute atomic E-state index is 12.2. The number of aromatic nitrogens is 2. The fourth-order valence-corrected chi connectivity index (χ4v) is 2.09. The van der Waals surface area contributed by atoms with Crippen LogP contribution in [-0.2, 0) is 7.05 Å². The number of rotatable bonds is 2. The minimum Gasteiger partial charge on any atom is -0.335 e. The van der Waals surface area contributed by atoms with E-state index >= 15 is 0 Å². The second-order valence-electron chi connectivity index (χ2n) is 4.52. The standard InChI is InChI=1S/C12H20N4O/c1-4-15-5-7-16(8-6-15)12(17)11-9-10(2)14(3)13-11/h9H,4-8H2,1-3H3. The lowest BCUT2D eigenvalue weighted by molar-refractivity contribution is 0.0637. The number of hydrogen-bond donors (Lipinski definition) is 0. The molecule has 0 N–H and O–H groups in total. The second-order valence-corrected chi connectivity index (χ2v) is 4.52. The van der Waals surface area contributed by atoms with E-state index in [0.717, 1.165) is 38.4 Å². The van der Waals surface area contributed by atoms with Gasteiger partial charge in [0, 0.05) is 38.9 Å². The zero-order chi connectivity index (χ0) is 12.4. The van der Waals surface area contributed by atoms with Crippen molar-refractivity contribution >= 4 is 5.91 Å². The summed E-state index contributed by atoms with van der Waals surface area (Å²) in [6.07, 6.45) is 0. The van der Waals surface area contributed by atoms with Crippen molar-refractivity contribution in [2.24, 2.45) is 7.05 Å². The molecule has 94 valence electrons. The molecule has 5 heteroatoms. The lowest BCUT2D eigenvalue weighted by Gasteiger charge is -2.33. The van der Waals surface area contributed by atoms with Gasteiger partial charge in [-0.25, -0.2) is 0 Å². The average Bonchev–Trinajstić information content (AvgIpc) is 2.69. The van der Waals surface area contributed by atoms with Crippen LogP contribution in [0.4, 0.5) is 0 Å². The van der Waals surface area contributed by atoms with Crippen LogP contribution in [-0.4, -0.2) is 58.2 Å². The lowest BCUT2D eigenvalue weighted by Crippen LogP contribution is -2.48. The largest absolute Gasteiger partial charge is 0.335 e. The van der Waals surface area contributed by atoms with Crippen molar-refractivity contribution in [3.8, 4) is 0 Å². The molecular weight excluding hydrogens is 216 g/mol. The number of carbonyl (C=O) groups excluding carboxylic acids is 1. The van der Waals surface area contributed by atoms with Crippen molar-refractivity contribution in [1.82, 2.24) is 19.6 Å². The zero-order valence-electron chi connectivity index (χ0n) is 10.8. The summed E-state index contributed by atoms with van der Waals surface area (Å²) in [7, 11) is 1.86. The predicted molar refractivity (Wildman–Crippen MR) is 66.0 cm³/mol. The second kappa shape index (κ2) is 4.87. The smallest absolute Gasteiger partial charge is 0.274 e. The summed E-state index contributed by atoms with van der Waals surface area (Å²) in [4.78, 5) is 16.4. The summed E-state index contributed by atoms with van der Waals surface area (Å²) in [5, 5.41) is 4.24. The van der Waals surface area contributed by atoms with Gasteiger partial charge in [0.05, 0.1) is 0 Å². The van der Waals surface area contributed by atoms with E-state index in [0.29, 0.717) is 5.69 Å². The molecule has 5 nitrogen and oxygen atoms in total. The Morgan fingerprint density at radius 3 is 2.47 bits per heavy atom. The summed E-state index contributed by atoms with van der Waals surface area (Å²) in [6.45, 7) is 8.72. The van der Waals surface area contributed by atoms with Gasteiger partial charge in [0.25, 0.3) is 5.91 Å². The molecule has 0 aromatic carbocycles. The Kier molecular flexibility index (Phi) is 3.47. The van der Waals surface area contributed by atoms with Crippen LogP contribution in [0.25, 0.3) is 0 Å². The molecule has 1 aromatic rings.